The lowest BCUT2D eigenvalue weighted by atomic mass is 10.0. The summed E-state index contributed by atoms with van der Waals surface area (Å²) >= 11 is 0. The van der Waals surface area contributed by atoms with Crippen molar-refractivity contribution >= 4 is 28.4 Å². The van der Waals surface area contributed by atoms with E-state index in [1.807, 2.05) is 81.2 Å². The first-order valence-corrected chi connectivity index (χ1v) is 12.0. The van der Waals surface area contributed by atoms with Crippen molar-refractivity contribution in [3.05, 3.63) is 83.7 Å². The van der Waals surface area contributed by atoms with Crippen molar-refractivity contribution < 1.29 is 9.90 Å². The number of anilines is 1. The Labute approximate surface area is 209 Å². The molecule has 36 heavy (non-hydrogen) atoms. The second kappa shape index (κ2) is 9.47. The van der Waals surface area contributed by atoms with Gasteiger partial charge in [0.05, 0.1) is 18.2 Å². The van der Waals surface area contributed by atoms with E-state index >= 15 is 0 Å². The van der Waals surface area contributed by atoms with Crippen molar-refractivity contribution in [2.45, 2.75) is 32.9 Å². The molecule has 5 rings (SSSR count). The molecule has 2 aromatic carbocycles. The van der Waals surface area contributed by atoms with Crippen LogP contribution in [0.2, 0.25) is 0 Å². The predicted octanol–water partition coefficient (Wildman–Crippen LogP) is 4.48. The number of hydrogen-bond donors (Lipinski definition) is 3. The highest BCUT2D eigenvalue weighted by Crippen LogP contribution is 2.29. The monoisotopic (exact) mass is 482 g/mol. The lowest BCUT2D eigenvalue weighted by Gasteiger charge is -2.14. The molecule has 8 nitrogen and oxygen atoms in total. The second-order valence-corrected chi connectivity index (χ2v) is 9.38. The van der Waals surface area contributed by atoms with E-state index < -0.39 is 0 Å². The second-order valence-electron chi connectivity index (χ2n) is 9.38. The Morgan fingerprint density at radius 1 is 1.08 bits per heavy atom. The Kier molecular flexibility index (Phi) is 6.20. The standard InChI is InChI=1S/C28H30N6O2/c1-17-6-5-7-20(12-17)19(3)30-27(36)24-15-33(4)25-9-8-21(13-23(24)25)22-10-11-34-26(14-22)31-28(32-34)29-18(2)16-35/h5-15,18-19,35H,16H2,1-4H3,(H,29,32)(H,30,36)/t18-,19-/m0/s1. The molecule has 0 aliphatic heterocycles. The number of aromatic nitrogens is 4. The molecule has 3 N–H and O–H groups in total. The quantitative estimate of drug-likeness (QED) is 0.318. The molecule has 8 heteroatoms. The third kappa shape index (κ3) is 4.55. The number of fused-ring (bicyclic) bond motifs is 2. The van der Waals surface area contributed by atoms with E-state index in [0.29, 0.717) is 17.2 Å². The van der Waals surface area contributed by atoms with Crippen LogP contribution < -0.4 is 10.6 Å². The van der Waals surface area contributed by atoms with E-state index in [2.05, 4.69) is 38.9 Å². The molecular formula is C28H30N6O2. The molecule has 184 valence electrons. The number of hydrogen-bond acceptors (Lipinski definition) is 5. The van der Waals surface area contributed by atoms with Gasteiger partial charge in [0.15, 0.2) is 5.65 Å². The summed E-state index contributed by atoms with van der Waals surface area (Å²) in [5, 5.41) is 20.8. The molecule has 0 unspecified atom stereocenters. The molecule has 0 radical (unpaired) electrons. The lowest BCUT2D eigenvalue weighted by Crippen LogP contribution is -2.26. The van der Waals surface area contributed by atoms with Crippen LogP contribution in [0.5, 0.6) is 0 Å². The van der Waals surface area contributed by atoms with Gasteiger partial charge < -0.3 is 20.3 Å². The Morgan fingerprint density at radius 3 is 2.67 bits per heavy atom. The molecule has 0 saturated heterocycles. The van der Waals surface area contributed by atoms with E-state index in [1.165, 1.54) is 5.56 Å². The molecule has 0 fully saturated rings. The SMILES string of the molecule is Cc1cccc([C@H](C)NC(=O)c2cn(C)c3ccc(-c4ccn5nc(N[C@@H](C)CO)nc5c4)cc23)c1. The summed E-state index contributed by atoms with van der Waals surface area (Å²) in [6.07, 6.45) is 3.74. The van der Waals surface area contributed by atoms with E-state index in [9.17, 15) is 9.90 Å². The fourth-order valence-corrected chi connectivity index (χ4v) is 4.44. The topological polar surface area (TPSA) is 96.5 Å². The molecule has 0 aliphatic carbocycles. The van der Waals surface area contributed by atoms with Crippen LogP contribution in [-0.4, -0.2) is 42.8 Å². The van der Waals surface area contributed by atoms with Gasteiger partial charge in [0, 0.05) is 36.4 Å². The summed E-state index contributed by atoms with van der Waals surface area (Å²) in [6, 6.07) is 18.0. The summed E-state index contributed by atoms with van der Waals surface area (Å²) in [4.78, 5) is 17.8. The highest BCUT2D eigenvalue weighted by molar-refractivity contribution is 6.08. The van der Waals surface area contributed by atoms with E-state index in [0.717, 1.165) is 27.6 Å². The van der Waals surface area contributed by atoms with Crippen molar-refractivity contribution in [3.8, 4) is 11.1 Å². The molecular weight excluding hydrogens is 452 g/mol. The highest BCUT2D eigenvalue weighted by atomic mass is 16.3. The minimum absolute atomic E-state index is 0.00241. The molecule has 5 aromatic rings. The zero-order chi connectivity index (χ0) is 25.4. The minimum atomic E-state index is -0.138. The van der Waals surface area contributed by atoms with Crippen molar-refractivity contribution in [1.29, 1.82) is 0 Å². The van der Waals surface area contributed by atoms with Crippen LogP contribution in [0, 0.1) is 6.92 Å². The molecule has 3 aromatic heterocycles. The number of aryl methyl sites for hydroxylation is 2. The maximum Gasteiger partial charge on any atom is 0.253 e. The first-order chi connectivity index (χ1) is 17.3. The Bertz CT molecular complexity index is 1570. The van der Waals surface area contributed by atoms with Gasteiger partial charge in [-0.1, -0.05) is 35.9 Å². The summed E-state index contributed by atoms with van der Waals surface area (Å²) < 4.78 is 3.68. The highest BCUT2D eigenvalue weighted by Gasteiger charge is 2.18. The Balaban J connectivity index is 1.46. The molecule has 0 bridgehead atoms. The Hall–Kier alpha value is -4.17. The van der Waals surface area contributed by atoms with Gasteiger partial charge >= 0.3 is 0 Å². The number of nitrogens with one attached hydrogen (secondary N) is 2. The smallest absolute Gasteiger partial charge is 0.253 e. The van der Waals surface area contributed by atoms with Crippen molar-refractivity contribution in [1.82, 2.24) is 24.5 Å². The summed E-state index contributed by atoms with van der Waals surface area (Å²) in [6.45, 7) is 5.91. The molecule has 3 heterocycles. The van der Waals surface area contributed by atoms with Crippen LogP contribution in [0.15, 0.2) is 67.0 Å². The van der Waals surface area contributed by atoms with Gasteiger partial charge in [0.25, 0.3) is 5.91 Å². The third-order valence-electron chi connectivity index (χ3n) is 6.44. The lowest BCUT2D eigenvalue weighted by molar-refractivity contribution is 0.0941. The van der Waals surface area contributed by atoms with E-state index in [1.54, 1.807) is 4.52 Å². The van der Waals surface area contributed by atoms with Crippen LogP contribution in [0.25, 0.3) is 27.7 Å². The van der Waals surface area contributed by atoms with Gasteiger partial charge in [-0.05, 0) is 61.7 Å². The van der Waals surface area contributed by atoms with Crippen LogP contribution in [0.3, 0.4) is 0 Å². The number of nitrogens with zero attached hydrogens (tertiary/aromatic N) is 4. The fourth-order valence-electron chi connectivity index (χ4n) is 4.44. The minimum Gasteiger partial charge on any atom is -0.394 e. The average Bonchev–Trinajstić information content (AvgIpc) is 3.43. The summed E-state index contributed by atoms with van der Waals surface area (Å²) in [7, 11) is 1.95. The van der Waals surface area contributed by atoms with Gasteiger partial charge in [0.2, 0.25) is 5.95 Å². The largest absolute Gasteiger partial charge is 0.394 e. The molecule has 1 amide bonds. The summed E-state index contributed by atoms with van der Waals surface area (Å²) in [5.74, 6) is 0.363. The zero-order valence-electron chi connectivity index (χ0n) is 20.9. The number of carbonyl (C=O) groups is 1. The van der Waals surface area contributed by atoms with E-state index in [4.69, 9.17) is 0 Å². The van der Waals surface area contributed by atoms with Crippen molar-refractivity contribution in [2.24, 2.45) is 7.05 Å². The van der Waals surface area contributed by atoms with E-state index in [-0.39, 0.29) is 24.6 Å². The number of benzene rings is 2. The first-order valence-electron chi connectivity index (χ1n) is 12.0. The van der Waals surface area contributed by atoms with Crippen LogP contribution in [0.4, 0.5) is 5.95 Å². The number of amides is 1. The fraction of sp³-hybridized carbons (Fsp3) is 0.250. The molecule has 0 aliphatic rings. The van der Waals surface area contributed by atoms with Crippen molar-refractivity contribution in [2.75, 3.05) is 11.9 Å². The number of rotatable bonds is 7. The zero-order valence-corrected chi connectivity index (χ0v) is 20.9. The normalized spacial score (nSPS) is 13.1. The number of carbonyl (C=O) groups excluding carboxylic acids is 1. The predicted molar refractivity (Wildman–Crippen MR) is 142 cm³/mol. The van der Waals surface area contributed by atoms with Crippen LogP contribution in [-0.2, 0) is 7.05 Å². The first kappa shape index (κ1) is 23.6. The number of pyridine rings is 1. The van der Waals surface area contributed by atoms with Crippen LogP contribution in [0.1, 0.15) is 41.4 Å². The van der Waals surface area contributed by atoms with Gasteiger partial charge in [-0.3, -0.25) is 4.79 Å². The van der Waals surface area contributed by atoms with Gasteiger partial charge in [-0.2, -0.15) is 4.98 Å². The number of aliphatic hydroxyl groups is 1. The van der Waals surface area contributed by atoms with Gasteiger partial charge in [-0.15, -0.1) is 5.10 Å². The maximum absolute atomic E-state index is 13.3. The molecule has 0 saturated carbocycles. The van der Waals surface area contributed by atoms with Crippen LogP contribution >= 0.6 is 0 Å². The maximum atomic E-state index is 13.3. The molecule has 2 atom stereocenters. The van der Waals surface area contributed by atoms with Gasteiger partial charge in [-0.25, -0.2) is 4.52 Å². The molecule has 0 spiro atoms. The van der Waals surface area contributed by atoms with Gasteiger partial charge in [0.1, 0.15) is 0 Å². The Morgan fingerprint density at radius 2 is 1.89 bits per heavy atom. The summed E-state index contributed by atoms with van der Waals surface area (Å²) in [5.41, 5.74) is 6.52. The number of aliphatic hydroxyl groups excluding tert-OH is 1. The average molecular weight is 483 g/mol. The third-order valence-corrected chi connectivity index (χ3v) is 6.44. The van der Waals surface area contributed by atoms with Crippen molar-refractivity contribution in [3.63, 3.8) is 0 Å².